The minimum atomic E-state index is 0.779. The van der Waals surface area contributed by atoms with Gasteiger partial charge in [-0.05, 0) is 19.1 Å². The molecule has 0 aliphatic rings. The fraction of sp³-hybridized carbons (Fsp3) is 0.250. The number of rotatable bonds is 4. The van der Waals surface area contributed by atoms with Gasteiger partial charge < -0.3 is 4.90 Å². The molecule has 0 aromatic carbocycles. The maximum atomic E-state index is 4.14. The Balaban J connectivity index is 2.08. The van der Waals surface area contributed by atoms with Crippen molar-refractivity contribution in [3.05, 3.63) is 61.2 Å². The lowest BCUT2D eigenvalue weighted by Gasteiger charge is -2.10. The normalized spacial score (nSPS) is 10.3. The molecule has 19 heavy (non-hydrogen) atoms. The minimum absolute atomic E-state index is 0.779. The Kier molecular flexibility index (Phi) is 3.95. The van der Waals surface area contributed by atoms with E-state index in [1.807, 2.05) is 26.5 Å². The van der Waals surface area contributed by atoms with E-state index in [1.165, 1.54) is 11.3 Å². The van der Waals surface area contributed by atoms with Crippen LogP contribution in [0.5, 0.6) is 0 Å². The van der Waals surface area contributed by atoms with Crippen molar-refractivity contribution >= 4 is 11.4 Å². The zero-order valence-corrected chi connectivity index (χ0v) is 11.9. The molecule has 0 spiro atoms. The molecule has 0 aliphatic heterocycles. The van der Waals surface area contributed by atoms with Gasteiger partial charge in [-0.2, -0.15) is 9.13 Å². The van der Waals surface area contributed by atoms with Gasteiger partial charge in [0.2, 0.25) is 12.2 Å². The molecule has 2 heterocycles. The van der Waals surface area contributed by atoms with Crippen LogP contribution >= 0.6 is 0 Å². The summed E-state index contributed by atoms with van der Waals surface area (Å²) in [5, 5.41) is 0. The predicted molar refractivity (Wildman–Crippen MR) is 77.7 cm³/mol. The summed E-state index contributed by atoms with van der Waals surface area (Å²) in [6.07, 6.45) is 8.25. The second-order valence-corrected chi connectivity index (χ2v) is 4.97. The summed E-state index contributed by atoms with van der Waals surface area (Å²) in [6.45, 7) is 7.00. The van der Waals surface area contributed by atoms with E-state index in [-0.39, 0.29) is 0 Å². The molecule has 0 atom stereocenters. The molecular formula is C16H21N3+2. The van der Waals surface area contributed by atoms with Gasteiger partial charge in [0.1, 0.15) is 0 Å². The quantitative estimate of drug-likeness (QED) is 0.758. The van der Waals surface area contributed by atoms with Crippen molar-refractivity contribution in [1.82, 2.24) is 0 Å². The monoisotopic (exact) mass is 255 g/mol. The Bertz CT molecular complexity index is 554. The van der Waals surface area contributed by atoms with Gasteiger partial charge in [0.15, 0.2) is 24.8 Å². The van der Waals surface area contributed by atoms with Gasteiger partial charge in [0.25, 0.3) is 0 Å². The number of allylic oxidation sites excluding steroid dienone is 1. The van der Waals surface area contributed by atoms with Crippen LogP contribution in [0.25, 0.3) is 5.70 Å². The van der Waals surface area contributed by atoms with Crippen LogP contribution in [0.1, 0.15) is 5.56 Å². The first kappa shape index (κ1) is 13.3. The molecule has 0 bridgehead atoms. The molecule has 0 amide bonds. The SMILES string of the molecule is C=C(C[n+]1ccc(N(C)C)cc1)[n+]1ccc(C)cc1. The van der Waals surface area contributed by atoms with E-state index in [0.717, 1.165) is 12.2 Å². The summed E-state index contributed by atoms with van der Waals surface area (Å²) < 4.78 is 4.18. The van der Waals surface area contributed by atoms with Crippen molar-refractivity contribution < 1.29 is 9.13 Å². The lowest BCUT2D eigenvalue weighted by Crippen LogP contribution is -2.42. The van der Waals surface area contributed by atoms with Crippen LogP contribution in [-0.2, 0) is 6.54 Å². The second kappa shape index (κ2) is 5.65. The third kappa shape index (κ3) is 3.41. The van der Waals surface area contributed by atoms with Crippen LogP contribution in [0.15, 0.2) is 55.6 Å². The number of hydrogen-bond donors (Lipinski definition) is 0. The van der Waals surface area contributed by atoms with E-state index >= 15 is 0 Å². The van der Waals surface area contributed by atoms with Crippen molar-refractivity contribution in [3.63, 3.8) is 0 Å². The van der Waals surface area contributed by atoms with Crippen molar-refractivity contribution in [2.75, 3.05) is 19.0 Å². The Morgan fingerprint density at radius 1 is 1.05 bits per heavy atom. The fourth-order valence-corrected chi connectivity index (χ4v) is 1.86. The summed E-state index contributed by atoms with van der Waals surface area (Å²) in [7, 11) is 4.08. The highest BCUT2D eigenvalue weighted by atomic mass is 15.1. The highest BCUT2D eigenvalue weighted by Gasteiger charge is 2.12. The Labute approximate surface area is 115 Å². The fourth-order valence-electron chi connectivity index (χ4n) is 1.86. The molecule has 2 aromatic heterocycles. The van der Waals surface area contributed by atoms with Gasteiger partial charge in [-0.15, -0.1) is 0 Å². The van der Waals surface area contributed by atoms with Crippen LogP contribution in [0.3, 0.4) is 0 Å². The standard InChI is InChI=1S/C16H21N3/c1-14-5-11-19(12-6-14)15(2)13-18-9-7-16(8-10-18)17(3)4/h5-12H,2,13H2,1,3-4H3/q+2. The van der Waals surface area contributed by atoms with E-state index in [2.05, 4.69) is 64.2 Å². The molecule has 0 saturated carbocycles. The van der Waals surface area contributed by atoms with Crippen LogP contribution in [0.4, 0.5) is 5.69 Å². The number of pyridine rings is 2. The second-order valence-electron chi connectivity index (χ2n) is 4.97. The molecule has 3 nitrogen and oxygen atoms in total. The highest BCUT2D eigenvalue weighted by Crippen LogP contribution is 2.06. The summed E-state index contributed by atoms with van der Waals surface area (Å²) >= 11 is 0. The lowest BCUT2D eigenvalue weighted by atomic mass is 10.3. The zero-order chi connectivity index (χ0) is 13.8. The Hall–Kier alpha value is -2.16. The molecule has 0 fully saturated rings. The molecule has 0 unspecified atom stereocenters. The number of aryl methyl sites for hydroxylation is 1. The molecule has 0 saturated heterocycles. The van der Waals surface area contributed by atoms with E-state index in [0.29, 0.717) is 0 Å². The molecule has 0 N–H and O–H groups in total. The van der Waals surface area contributed by atoms with Crippen LogP contribution in [-0.4, -0.2) is 14.1 Å². The molecule has 0 aliphatic carbocycles. The summed E-state index contributed by atoms with van der Waals surface area (Å²) in [4.78, 5) is 2.09. The molecule has 98 valence electrons. The van der Waals surface area contributed by atoms with Gasteiger partial charge >= 0.3 is 0 Å². The van der Waals surface area contributed by atoms with Crippen molar-refractivity contribution in [1.29, 1.82) is 0 Å². The number of aromatic nitrogens is 2. The summed E-state index contributed by atoms with van der Waals surface area (Å²) in [5.41, 5.74) is 3.50. The van der Waals surface area contributed by atoms with E-state index in [1.54, 1.807) is 0 Å². The maximum Gasteiger partial charge on any atom is 0.245 e. The molecule has 0 radical (unpaired) electrons. The van der Waals surface area contributed by atoms with E-state index in [4.69, 9.17) is 0 Å². The minimum Gasteiger partial charge on any atom is -0.377 e. The first-order valence-electron chi connectivity index (χ1n) is 6.39. The molecule has 2 rings (SSSR count). The maximum absolute atomic E-state index is 4.14. The first-order chi connectivity index (χ1) is 9.06. The van der Waals surface area contributed by atoms with Crippen LogP contribution in [0, 0.1) is 6.92 Å². The average Bonchev–Trinajstić information content (AvgIpc) is 2.40. The van der Waals surface area contributed by atoms with E-state index < -0.39 is 0 Å². The van der Waals surface area contributed by atoms with Gasteiger partial charge in [-0.25, -0.2) is 0 Å². The van der Waals surface area contributed by atoms with Crippen molar-refractivity contribution in [2.45, 2.75) is 13.5 Å². The van der Waals surface area contributed by atoms with Crippen molar-refractivity contribution in [2.24, 2.45) is 0 Å². The van der Waals surface area contributed by atoms with Crippen molar-refractivity contribution in [3.8, 4) is 0 Å². The van der Waals surface area contributed by atoms with Gasteiger partial charge in [-0.3, -0.25) is 0 Å². The van der Waals surface area contributed by atoms with Crippen LogP contribution in [0.2, 0.25) is 0 Å². The largest absolute Gasteiger partial charge is 0.377 e. The summed E-state index contributed by atoms with van der Waals surface area (Å²) in [6, 6.07) is 8.39. The molecule has 3 heteroatoms. The highest BCUT2D eigenvalue weighted by molar-refractivity contribution is 5.41. The smallest absolute Gasteiger partial charge is 0.245 e. The predicted octanol–water partition coefficient (Wildman–Crippen LogP) is 1.81. The van der Waals surface area contributed by atoms with E-state index in [9.17, 15) is 0 Å². The van der Waals surface area contributed by atoms with Gasteiger partial charge in [0, 0.05) is 44.0 Å². The third-order valence-electron chi connectivity index (χ3n) is 3.12. The van der Waals surface area contributed by atoms with Crippen LogP contribution < -0.4 is 14.0 Å². The first-order valence-corrected chi connectivity index (χ1v) is 6.39. The lowest BCUT2D eigenvalue weighted by molar-refractivity contribution is -0.709. The third-order valence-corrected chi connectivity index (χ3v) is 3.12. The van der Waals surface area contributed by atoms with Gasteiger partial charge in [0.05, 0.1) is 0 Å². The zero-order valence-electron chi connectivity index (χ0n) is 11.9. The average molecular weight is 255 g/mol. The number of nitrogens with zero attached hydrogens (tertiary/aromatic N) is 3. The Morgan fingerprint density at radius 2 is 1.63 bits per heavy atom. The number of hydrogen-bond acceptors (Lipinski definition) is 1. The topological polar surface area (TPSA) is 11.0 Å². The Morgan fingerprint density at radius 3 is 2.16 bits per heavy atom. The van der Waals surface area contributed by atoms with Gasteiger partial charge in [-0.1, -0.05) is 0 Å². The molecule has 2 aromatic rings. The number of anilines is 1. The molecular weight excluding hydrogens is 234 g/mol. The summed E-state index contributed by atoms with van der Waals surface area (Å²) in [5.74, 6) is 0.